The highest BCUT2D eigenvalue weighted by atomic mass is 32.1. The van der Waals surface area contributed by atoms with E-state index in [1.807, 2.05) is 45.0 Å². The molecule has 0 spiro atoms. The first kappa shape index (κ1) is 16.3. The molecule has 2 amide bonds. The van der Waals surface area contributed by atoms with E-state index >= 15 is 0 Å². The number of hydroxylamine groups is 1. The lowest BCUT2D eigenvalue weighted by atomic mass is 10.1. The zero-order chi connectivity index (χ0) is 14.0. The summed E-state index contributed by atoms with van der Waals surface area (Å²) in [5, 5.41) is 0. The number of thiocarbonyl (C=S) groups is 1. The molecule has 18 heavy (non-hydrogen) atoms. The number of nitrogens with one attached hydrogen (secondary N) is 3. The Morgan fingerprint density at radius 2 is 1.72 bits per heavy atom. The predicted octanol–water partition coefficient (Wildman–Crippen LogP) is 2.06. The van der Waals surface area contributed by atoms with Gasteiger partial charge in [-0.15, -0.1) is 0 Å². The van der Waals surface area contributed by atoms with Crippen LogP contribution in [0.25, 0.3) is 0 Å². The van der Waals surface area contributed by atoms with Crippen LogP contribution in [0.3, 0.4) is 0 Å². The molecule has 0 saturated carbocycles. The molecule has 0 aliphatic carbocycles. The minimum Gasteiger partial charge on any atom is -0.286 e. The van der Waals surface area contributed by atoms with Crippen LogP contribution in [0.1, 0.15) is 25.0 Å². The van der Waals surface area contributed by atoms with E-state index in [1.54, 1.807) is 0 Å². The summed E-state index contributed by atoms with van der Waals surface area (Å²) in [4.78, 5) is 15.8. The zero-order valence-electron chi connectivity index (χ0n) is 11.0. The number of aryl methyl sites for hydroxylation is 1. The third-order valence-corrected chi connectivity index (χ3v) is 2.14. The van der Waals surface area contributed by atoms with Gasteiger partial charge in [0.15, 0.2) is 0 Å². The molecule has 1 aromatic rings. The average Bonchev–Trinajstić information content (AvgIpc) is 2.39. The number of rotatable bonds is 2. The molecular formula is C12H19N3O2S. The number of amides is 2. The maximum atomic E-state index is 11.0. The summed E-state index contributed by atoms with van der Waals surface area (Å²) < 4.78 is 0. The molecule has 0 atom stereocenters. The zero-order valence-corrected chi connectivity index (χ0v) is 11.9. The molecule has 3 N–H and O–H groups in total. The molecule has 0 aliphatic heterocycles. The second-order valence-corrected chi connectivity index (χ2v) is 3.49. The van der Waals surface area contributed by atoms with E-state index in [2.05, 4.69) is 21.2 Å². The number of hydrogen-bond donors (Lipinski definition) is 3. The molecule has 5 nitrogen and oxygen atoms in total. The SMILES string of the molecule is CC.CONC(=O)NNC(=S)c1ccc(C)cc1. The summed E-state index contributed by atoms with van der Waals surface area (Å²) in [7, 11) is 1.35. The Hall–Kier alpha value is -1.66. The van der Waals surface area contributed by atoms with Gasteiger partial charge in [0, 0.05) is 5.56 Å². The fraction of sp³-hybridized carbons (Fsp3) is 0.333. The summed E-state index contributed by atoms with van der Waals surface area (Å²) in [5.74, 6) is 0. The van der Waals surface area contributed by atoms with Gasteiger partial charge in [0.05, 0.1) is 7.11 Å². The fourth-order valence-electron chi connectivity index (χ4n) is 1.01. The normalized spacial score (nSPS) is 8.67. The van der Waals surface area contributed by atoms with Crippen LogP contribution in [-0.2, 0) is 4.84 Å². The van der Waals surface area contributed by atoms with Crippen molar-refractivity contribution in [2.24, 2.45) is 0 Å². The molecule has 0 aromatic heterocycles. The van der Waals surface area contributed by atoms with Crippen LogP contribution < -0.4 is 16.3 Å². The van der Waals surface area contributed by atoms with E-state index in [-0.39, 0.29) is 0 Å². The van der Waals surface area contributed by atoms with Gasteiger partial charge in [-0.25, -0.2) is 15.7 Å². The highest BCUT2D eigenvalue weighted by Crippen LogP contribution is 2.02. The summed E-state index contributed by atoms with van der Waals surface area (Å²) >= 11 is 5.07. The Morgan fingerprint density at radius 1 is 1.17 bits per heavy atom. The highest BCUT2D eigenvalue weighted by Gasteiger charge is 2.02. The molecule has 6 heteroatoms. The van der Waals surface area contributed by atoms with Crippen LogP contribution in [0.15, 0.2) is 24.3 Å². The first-order valence-electron chi connectivity index (χ1n) is 5.59. The number of hydrogen-bond acceptors (Lipinski definition) is 3. The molecule has 1 aromatic carbocycles. The van der Waals surface area contributed by atoms with E-state index in [1.165, 1.54) is 7.11 Å². The third kappa shape index (κ3) is 6.17. The second-order valence-electron chi connectivity index (χ2n) is 3.08. The van der Waals surface area contributed by atoms with Gasteiger partial charge in [-0.2, -0.15) is 0 Å². The van der Waals surface area contributed by atoms with Crippen molar-refractivity contribution in [3.8, 4) is 0 Å². The number of urea groups is 1. The highest BCUT2D eigenvalue weighted by molar-refractivity contribution is 7.80. The van der Waals surface area contributed by atoms with Gasteiger partial charge in [0.25, 0.3) is 0 Å². The molecule has 0 unspecified atom stereocenters. The topological polar surface area (TPSA) is 62.4 Å². The lowest BCUT2D eigenvalue weighted by molar-refractivity contribution is 0.106. The first-order valence-corrected chi connectivity index (χ1v) is 6.00. The van der Waals surface area contributed by atoms with Gasteiger partial charge in [0.1, 0.15) is 4.99 Å². The van der Waals surface area contributed by atoms with E-state index < -0.39 is 6.03 Å². The summed E-state index contributed by atoms with van der Waals surface area (Å²) in [6, 6.07) is 7.12. The maximum absolute atomic E-state index is 11.0. The minimum atomic E-state index is -0.517. The predicted molar refractivity (Wildman–Crippen MR) is 76.0 cm³/mol. The van der Waals surface area contributed by atoms with Crippen LogP contribution >= 0.6 is 12.2 Å². The van der Waals surface area contributed by atoms with Crippen LogP contribution in [0.2, 0.25) is 0 Å². The lowest BCUT2D eigenvalue weighted by Gasteiger charge is -2.09. The average molecular weight is 269 g/mol. The summed E-state index contributed by atoms with van der Waals surface area (Å²) in [5.41, 5.74) is 8.99. The van der Waals surface area contributed by atoms with Crippen molar-refractivity contribution >= 4 is 23.2 Å². The standard InChI is InChI=1S/C10H13N3O2S.C2H6/c1-7-3-5-8(6-4-7)9(16)11-12-10(14)13-15-2;1-2/h3-6H,1-2H3,(H,11,16)(H2,12,13,14);1-2H3. The van der Waals surface area contributed by atoms with E-state index in [9.17, 15) is 4.79 Å². The third-order valence-electron chi connectivity index (χ3n) is 1.80. The van der Waals surface area contributed by atoms with Gasteiger partial charge < -0.3 is 0 Å². The molecule has 0 aliphatic rings. The fourth-order valence-corrected chi connectivity index (χ4v) is 1.20. The van der Waals surface area contributed by atoms with Crippen LogP contribution in [0.5, 0.6) is 0 Å². The van der Waals surface area contributed by atoms with Crippen molar-refractivity contribution in [1.29, 1.82) is 0 Å². The van der Waals surface area contributed by atoms with Crippen molar-refractivity contribution in [2.75, 3.05) is 7.11 Å². The molecule has 0 radical (unpaired) electrons. The van der Waals surface area contributed by atoms with Gasteiger partial charge in [-0.05, 0) is 6.92 Å². The number of carbonyl (C=O) groups excluding carboxylic acids is 1. The molecular weight excluding hydrogens is 250 g/mol. The van der Waals surface area contributed by atoms with Gasteiger partial charge in [-0.3, -0.25) is 10.3 Å². The van der Waals surface area contributed by atoms with Crippen molar-refractivity contribution < 1.29 is 9.63 Å². The Morgan fingerprint density at radius 3 is 2.22 bits per heavy atom. The van der Waals surface area contributed by atoms with E-state index in [4.69, 9.17) is 12.2 Å². The largest absolute Gasteiger partial charge is 0.357 e. The van der Waals surface area contributed by atoms with Crippen molar-refractivity contribution in [3.63, 3.8) is 0 Å². The van der Waals surface area contributed by atoms with Gasteiger partial charge >= 0.3 is 6.03 Å². The van der Waals surface area contributed by atoms with Crippen molar-refractivity contribution in [3.05, 3.63) is 35.4 Å². The molecule has 1 rings (SSSR count). The van der Waals surface area contributed by atoms with E-state index in [0.717, 1.165) is 11.1 Å². The Bertz CT molecular complexity index is 379. The molecule has 0 heterocycles. The minimum absolute atomic E-state index is 0.436. The Balaban J connectivity index is 0.00000137. The molecule has 0 fully saturated rings. The summed E-state index contributed by atoms with van der Waals surface area (Å²) in [6.45, 7) is 5.99. The second kappa shape index (κ2) is 9.38. The number of carbonyl (C=O) groups is 1. The van der Waals surface area contributed by atoms with Crippen LogP contribution in [0.4, 0.5) is 4.79 Å². The van der Waals surface area contributed by atoms with Gasteiger partial charge in [0.2, 0.25) is 0 Å². The molecule has 100 valence electrons. The number of hydrazine groups is 1. The summed E-state index contributed by atoms with van der Waals surface area (Å²) in [6.07, 6.45) is 0. The van der Waals surface area contributed by atoms with Crippen molar-refractivity contribution in [1.82, 2.24) is 16.3 Å². The quantitative estimate of drug-likeness (QED) is 0.568. The molecule has 0 saturated heterocycles. The van der Waals surface area contributed by atoms with Crippen molar-refractivity contribution in [2.45, 2.75) is 20.8 Å². The Labute approximate surface area is 113 Å². The van der Waals surface area contributed by atoms with E-state index in [0.29, 0.717) is 4.99 Å². The smallest absolute Gasteiger partial charge is 0.286 e. The lowest BCUT2D eigenvalue weighted by Crippen LogP contribution is -2.46. The monoisotopic (exact) mass is 269 g/mol. The first-order chi connectivity index (χ1) is 8.63. The van der Waals surface area contributed by atoms with Gasteiger partial charge in [-0.1, -0.05) is 55.9 Å². The maximum Gasteiger partial charge on any atom is 0.357 e. The van der Waals surface area contributed by atoms with Crippen LogP contribution in [0, 0.1) is 6.92 Å². The Kier molecular flexibility index (Phi) is 8.51. The molecule has 0 bridgehead atoms. The van der Waals surface area contributed by atoms with Crippen LogP contribution in [-0.4, -0.2) is 18.1 Å². The number of benzene rings is 1.